The highest BCUT2D eigenvalue weighted by molar-refractivity contribution is 7.47. The molecule has 0 saturated carbocycles. The third-order valence-electron chi connectivity index (χ3n) is 3.69. The van der Waals surface area contributed by atoms with Crippen molar-refractivity contribution in [1.29, 1.82) is 0 Å². The second-order valence-corrected chi connectivity index (χ2v) is 7.12. The first-order valence-corrected chi connectivity index (χ1v) is 9.55. The highest BCUT2D eigenvalue weighted by Gasteiger charge is 2.47. The van der Waals surface area contributed by atoms with Gasteiger partial charge in [-0.05, 0) is 10.6 Å². The van der Waals surface area contributed by atoms with Crippen molar-refractivity contribution in [3.05, 3.63) is 16.8 Å². The van der Waals surface area contributed by atoms with E-state index in [9.17, 15) is 19.3 Å². The number of ether oxygens (including phenoxy) is 1. The van der Waals surface area contributed by atoms with Crippen molar-refractivity contribution in [2.75, 3.05) is 12.3 Å². The Labute approximate surface area is 156 Å². The monoisotopic (exact) mass is 434 g/mol. The molecule has 0 amide bonds. The van der Waals surface area contributed by atoms with E-state index >= 15 is 0 Å². The molecule has 0 spiro atoms. The van der Waals surface area contributed by atoms with Gasteiger partial charge in [-0.25, -0.2) is 15.0 Å². The summed E-state index contributed by atoms with van der Waals surface area (Å²) in [7, 11) is -6.10. The second-order valence-electron chi connectivity index (χ2n) is 5.29. The highest BCUT2D eigenvalue weighted by Crippen LogP contribution is 2.39. The molecule has 1 saturated heterocycles. The van der Waals surface area contributed by atoms with Crippen LogP contribution in [0.3, 0.4) is 0 Å². The Balaban J connectivity index is 1.89. The predicted octanol–water partition coefficient (Wildman–Crippen LogP) is 0.310. The zero-order valence-electron chi connectivity index (χ0n) is 13.6. The van der Waals surface area contributed by atoms with Gasteiger partial charge in [0.05, 0.1) is 0 Å². The topological polar surface area (TPSA) is 241 Å². The Hall–Kier alpha value is -2.38. The van der Waals surface area contributed by atoms with Crippen molar-refractivity contribution in [2.24, 2.45) is 5.11 Å². The molecule has 0 aliphatic carbocycles. The molecule has 3 rings (SSSR count). The summed E-state index contributed by atoms with van der Waals surface area (Å²) >= 11 is 0. The van der Waals surface area contributed by atoms with E-state index in [1.165, 1.54) is 0 Å². The number of imidazole rings is 1. The number of hydrogen-bond donors (Lipinski definition) is 4. The Bertz CT molecular complexity index is 980. The molecular weight excluding hydrogens is 422 g/mol. The molecule has 3 heterocycles. The lowest BCUT2D eigenvalue weighted by molar-refractivity contribution is -0.0466. The van der Waals surface area contributed by atoms with Crippen molar-refractivity contribution in [2.45, 2.75) is 24.5 Å². The average molecular weight is 434 g/mol. The van der Waals surface area contributed by atoms with Gasteiger partial charge in [-0.1, -0.05) is 0 Å². The van der Waals surface area contributed by atoms with Gasteiger partial charge in [-0.3, -0.25) is 4.57 Å². The Morgan fingerprint density at radius 2 is 2.14 bits per heavy atom. The molecule has 2 aromatic heterocycles. The van der Waals surface area contributed by atoms with E-state index in [2.05, 4.69) is 29.3 Å². The summed E-state index contributed by atoms with van der Waals surface area (Å²) in [6.45, 7) is -0.548. The number of nitrogens with zero attached hydrogens (tertiary/aromatic N) is 7. The van der Waals surface area contributed by atoms with E-state index in [4.69, 9.17) is 25.4 Å². The number of hydrogen-bond acceptors (Lipinski definition) is 12. The Morgan fingerprint density at radius 3 is 2.82 bits per heavy atom. The minimum Gasteiger partial charge on any atom is -0.387 e. The van der Waals surface area contributed by atoms with Crippen LogP contribution in [0.25, 0.3) is 21.6 Å². The molecule has 28 heavy (non-hydrogen) atoms. The first kappa shape index (κ1) is 20.4. The number of nitrogen functional groups attached to an aromatic ring is 1. The van der Waals surface area contributed by atoms with Crippen LogP contribution in [0.15, 0.2) is 11.4 Å². The van der Waals surface area contributed by atoms with Crippen molar-refractivity contribution < 1.29 is 37.8 Å². The van der Waals surface area contributed by atoms with Gasteiger partial charge in [0.2, 0.25) is 5.95 Å². The molecule has 1 aliphatic heterocycles. The Kier molecular flexibility index (Phi) is 6.05. The van der Waals surface area contributed by atoms with Gasteiger partial charge in [-0.2, -0.15) is 0 Å². The minimum absolute atomic E-state index is 0.0154. The van der Waals surface area contributed by atoms with E-state index in [-0.39, 0.29) is 22.9 Å². The third kappa shape index (κ3) is 3.91. The summed E-state index contributed by atoms with van der Waals surface area (Å²) in [5.41, 5.74) is 14.6. The number of nitrogens with two attached hydrogens (primary N) is 1. The standard InChI is InChI=1S/C10H11N8O8P2/c11-7-4-8(14-2-13-7)18(10(15-4)16-17-12)9-6(20)5(19)3(25-9)1-24-28(23)26-27(21)22/h2-3,5-6,9,19-20H,1H2,(H2-,11,13,14,21,22)/q+1/p+1/t3-,5-,6-,9-/m1/s1. The molecule has 2 unspecified atom stereocenters. The number of aromatic nitrogens is 4. The molecule has 6 atom stereocenters. The SMILES string of the molecule is [N-]=[N+]=Nc1nc2c(N)ncnc2n1[C@@H]1O[C@H](CO[P+](=O)O[P+](=O)O)[C@@H](O)[C@H]1O. The van der Waals surface area contributed by atoms with Crippen molar-refractivity contribution in [3.8, 4) is 0 Å². The Morgan fingerprint density at radius 1 is 1.39 bits per heavy atom. The summed E-state index contributed by atoms with van der Waals surface area (Å²) in [6, 6.07) is 0. The number of aliphatic hydroxyl groups excluding tert-OH is 2. The lowest BCUT2D eigenvalue weighted by Gasteiger charge is -2.17. The van der Waals surface area contributed by atoms with Gasteiger partial charge in [0.15, 0.2) is 27.5 Å². The van der Waals surface area contributed by atoms with E-state index in [1.54, 1.807) is 0 Å². The van der Waals surface area contributed by atoms with E-state index in [0.29, 0.717) is 0 Å². The summed E-state index contributed by atoms with van der Waals surface area (Å²) in [6.07, 6.45) is -4.49. The maximum atomic E-state index is 11.3. The third-order valence-corrected chi connectivity index (χ3v) is 5.15. The lowest BCUT2D eigenvalue weighted by atomic mass is 10.1. The van der Waals surface area contributed by atoms with Gasteiger partial charge in [0, 0.05) is 14.0 Å². The minimum atomic E-state index is -3.15. The summed E-state index contributed by atoms with van der Waals surface area (Å²) in [4.78, 5) is 22.9. The van der Waals surface area contributed by atoms with E-state index < -0.39 is 47.7 Å². The molecule has 16 nitrogen and oxygen atoms in total. The van der Waals surface area contributed by atoms with Crippen LogP contribution in [0.2, 0.25) is 0 Å². The number of aliphatic hydroxyl groups is 2. The fraction of sp³-hybridized carbons (Fsp3) is 0.500. The zero-order chi connectivity index (χ0) is 20.4. The fourth-order valence-corrected chi connectivity index (χ4v) is 3.47. The van der Waals surface area contributed by atoms with E-state index in [0.717, 1.165) is 10.9 Å². The van der Waals surface area contributed by atoms with Crippen LogP contribution in [-0.4, -0.2) is 59.5 Å². The van der Waals surface area contributed by atoms with Crippen molar-refractivity contribution in [3.63, 3.8) is 0 Å². The highest BCUT2D eigenvalue weighted by atomic mass is 31.2. The molecule has 2 aromatic rings. The quantitative estimate of drug-likeness (QED) is 0.199. The molecule has 5 N–H and O–H groups in total. The van der Waals surface area contributed by atoms with Crippen LogP contribution in [0.4, 0.5) is 11.8 Å². The van der Waals surface area contributed by atoms with Crippen LogP contribution < -0.4 is 5.73 Å². The largest absolute Gasteiger partial charge is 0.747 e. The van der Waals surface area contributed by atoms with Crippen molar-refractivity contribution in [1.82, 2.24) is 19.5 Å². The number of azide groups is 1. The van der Waals surface area contributed by atoms with Crippen LogP contribution in [0, 0.1) is 0 Å². The van der Waals surface area contributed by atoms with Gasteiger partial charge >= 0.3 is 16.5 Å². The second kappa shape index (κ2) is 8.32. The number of fused-ring (bicyclic) bond motifs is 1. The smallest absolute Gasteiger partial charge is 0.387 e. The van der Waals surface area contributed by atoms with Gasteiger partial charge in [-0.15, -0.1) is 9.42 Å². The maximum absolute atomic E-state index is 11.3. The molecule has 0 bridgehead atoms. The number of rotatable bonds is 7. The summed E-state index contributed by atoms with van der Waals surface area (Å²) in [5.74, 6) is -0.271. The van der Waals surface area contributed by atoms with Crippen molar-refractivity contribution >= 4 is 39.4 Å². The predicted molar refractivity (Wildman–Crippen MR) is 88.9 cm³/mol. The molecule has 148 valence electrons. The molecule has 0 aromatic carbocycles. The molecule has 1 aliphatic rings. The first-order valence-electron chi connectivity index (χ1n) is 7.33. The van der Waals surface area contributed by atoms with Crippen LogP contribution in [0.1, 0.15) is 6.23 Å². The molecule has 0 radical (unpaired) electrons. The summed E-state index contributed by atoms with van der Waals surface area (Å²) < 4.78 is 37.1. The summed E-state index contributed by atoms with van der Waals surface area (Å²) in [5, 5.41) is 23.9. The maximum Gasteiger partial charge on any atom is 0.747 e. The van der Waals surface area contributed by atoms with Crippen LogP contribution in [0.5, 0.6) is 0 Å². The molecule has 1 fully saturated rings. The molecule has 18 heteroatoms. The zero-order valence-corrected chi connectivity index (χ0v) is 15.4. The van der Waals surface area contributed by atoms with Gasteiger partial charge < -0.3 is 20.7 Å². The fourth-order valence-electron chi connectivity index (χ4n) is 2.55. The van der Waals surface area contributed by atoms with E-state index in [1.807, 2.05) is 0 Å². The van der Waals surface area contributed by atoms with Gasteiger partial charge in [0.25, 0.3) is 0 Å². The van der Waals surface area contributed by atoms with Crippen LogP contribution in [-0.2, 0) is 22.7 Å². The van der Waals surface area contributed by atoms with Gasteiger partial charge in [0.1, 0.15) is 31.2 Å². The lowest BCUT2D eigenvalue weighted by Crippen LogP contribution is -2.33. The first-order chi connectivity index (χ1) is 13.3. The average Bonchev–Trinajstić information content (AvgIpc) is 3.12. The molecular formula is C10H12N8O8P2+2. The number of anilines is 1. The van der Waals surface area contributed by atoms with Crippen LogP contribution >= 0.6 is 16.5 Å². The normalized spacial score (nSPS) is 25.5.